The van der Waals surface area contributed by atoms with Crippen LogP contribution in [0.1, 0.15) is 47.2 Å². The molecule has 1 saturated heterocycles. The Labute approximate surface area is 245 Å². The molecule has 4 atom stereocenters. The average molecular weight is 606 g/mol. The van der Waals surface area contributed by atoms with Crippen LogP contribution in [0.4, 0.5) is 4.39 Å². The lowest BCUT2D eigenvalue weighted by molar-refractivity contribution is -0.146. The number of Topliss-reactive ketones (excluding diaryl/α,β-unsaturated/α-hetero) is 3. The van der Waals surface area contributed by atoms with Gasteiger partial charge < -0.3 is 31.5 Å². The zero-order valence-electron chi connectivity index (χ0n) is 22.8. The zero-order chi connectivity index (χ0) is 30.5. The van der Waals surface area contributed by atoms with Crippen molar-refractivity contribution in [2.75, 3.05) is 32.1 Å². The van der Waals surface area contributed by atoms with Crippen LogP contribution in [-0.4, -0.2) is 92.3 Å². The van der Waals surface area contributed by atoms with Gasteiger partial charge in [0, 0.05) is 34.9 Å². The van der Waals surface area contributed by atoms with E-state index in [1.54, 1.807) is 0 Å². The van der Waals surface area contributed by atoms with Crippen LogP contribution in [0.15, 0.2) is 28.7 Å². The van der Waals surface area contributed by atoms with Gasteiger partial charge in [-0.15, -0.1) is 11.6 Å². The first-order valence-electron chi connectivity index (χ1n) is 14.0. The molecule has 1 amide bonds. The Kier molecular flexibility index (Phi) is 8.18. The second-order valence-corrected chi connectivity index (χ2v) is 11.8. The van der Waals surface area contributed by atoms with Gasteiger partial charge in [-0.3, -0.25) is 24.1 Å². The molecule has 0 spiro atoms. The Morgan fingerprint density at radius 3 is 2.52 bits per heavy atom. The third kappa shape index (κ3) is 4.80. The van der Waals surface area contributed by atoms with Crippen molar-refractivity contribution >= 4 is 34.9 Å². The number of alkyl halides is 1. The molecule has 0 saturated carbocycles. The number of halogens is 2. The molecule has 42 heavy (non-hydrogen) atoms. The summed E-state index contributed by atoms with van der Waals surface area (Å²) < 4.78 is 15.5. The molecule has 1 heterocycles. The summed E-state index contributed by atoms with van der Waals surface area (Å²) >= 11 is 5.75. The Balaban J connectivity index is 1.55. The molecular formula is C29H33ClFN3O8. The lowest BCUT2D eigenvalue weighted by atomic mass is 9.58. The number of amides is 1. The van der Waals surface area contributed by atoms with E-state index in [4.69, 9.17) is 17.3 Å². The van der Waals surface area contributed by atoms with Crippen LogP contribution < -0.4 is 11.1 Å². The minimum Gasteiger partial charge on any atom is -0.510 e. The smallest absolute Gasteiger partial charge is 0.255 e. The largest absolute Gasteiger partial charge is 0.510 e. The lowest BCUT2D eigenvalue weighted by Crippen LogP contribution is -2.64. The maximum atomic E-state index is 15.5. The molecule has 0 radical (unpaired) electrons. The van der Waals surface area contributed by atoms with Gasteiger partial charge in [0.15, 0.2) is 17.2 Å². The molecule has 7 N–H and O–H groups in total. The number of fused-ring (bicyclic) bond motifs is 3. The number of benzene rings is 1. The van der Waals surface area contributed by atoms with E-state index in [-0.39, 0.29) is 55.1 Å². The summed E-state index contributed by atoms with van der Waals surface area (Å²) in [4.78, 5) is 54.0. The van der Waals surface area contributed by atoms with Crippen molar-refractivity contribution in [3.63, 3.8) is 0 Å². The number of nitrogens with two attached hydrogens (primary N) is 1. The first-order valence-corrected chi connectivity index (χ1v) is 14.5. The second-order valence-electron chi connectivity index (χ2n) is 11.4. The zero-order valence-corrected chi connectivity index (χ0v) is 23.5. The quantitative estimate of drug-likeness (QED) is 0.135. The standard InChI is InChI=1S/C29H33ClFN3O8/c30-4-3-5-33-22-17-10-13-9-16-18(31)11-14(8-15(35)12-34-6-1-2-7-34)23(36)20(16)24(37)19(13)26(39)29(17,42)27(40)21(25(22)38)28(32)41/h11,13,17,22,33,36,38-39,42H,1-10,12H2,(H2,32,41)/t13-,17-,22-,29-/m0/s1. The molecule has 1 fully saturated rings. The molecule has 0 bridgehead atoms. The molecule has 0 unspecified atom stereocenters. The number of carbonyl (C=O) groups is 4. The van der Waals surface area contributed by atoms with Gasteiger partial charge in [-0.1, -0.05) is 0 Å². The molecule has 4 aliphatic rings. The van der Waals surface area contributed by atoms with Crippen LogP contribution in [0, 0.1) is 17.7 Å². The number of hydrogen-bond acceptors (Lipinski definition) is 10. The third-order valence-corrected chi connectivity index (χ3v) is 9.15. The molecule has 226 valence electrons. The van der Waals surface area contributed by atoms with Crippen LogP contribution in [-0.2, 0) is 27.2 Å². The Morgan fingerprint density at radius 1 is 1.19 bits per heavy atom. The SMILES string of the molecule is NC(=O)C1=C(O)[C@@H](NCCCCl)[C@@H]2C[C@@H]3Cc4c(F)cc(CC(=O)CN5CCCC5)c(O)c4C(=O)C3=C(O)[C@]2(O)C1=O. The Morgan fingerprint density at radius 2 is 1.88 bits per heavy atom. The van der Waals surface area contributed by atoms with Gasteiger partial charge in [0.25, 0.3) is 5.91 Å². The predicted molar refractivity (Wildman–Crippen MR) is 148 cm³/mol. The number of carbonyl (C=O) groups excluding carboxylic acids is 4. The van der Waals surface area contributed by atoms with Gasteiger partial charge in [0.1, 0.15) is 28.7 Å². The number of allylic oxidation sites excluding steroid dienone is 1. The van der Waals surface area contributed by atoms with E-state index >= 15 is 4.39 Å². The normalized spacial score (nSPS) is 27.6. The van der Waals surface area contributed by atoms with E-state index in [0.717, 1.165) is 32.0 Å². The number of nitrogens with zero attached hydrogens (tertiary/aromatic N) is 1. The molecule has 5 rings (SSSR count). The highest BCUT2D eigenvalue weighted by Gasteiger charge is 2.62. The van der Waals surface area contributed by atoms with Crippen molar-refractivity contribution in [1.82, 2.24) is 10.2 Å². The molecule has 3 aliphatic carbocycles. The van der Waals surface area contributed by atoms with Crippen molar-refractivity contribution in [2.45, 2.75) is 50.2 Å². The fourth-order valence-electron chi connectivity index (χ4n) is 6.90. The van der Waals surface area contributed by atoms with E-state index in [1.807, 2.05) is 4.90 Å². The highest BCUT2D eigenvalue weighted by molar-refractivity contribution is 6.24. The fourth-order valence-corrected chi connectivity index (χ4v) is 7.04. The number of phenols is 1. The summed E-state index contributed by atoms with van der Waals surface area (Å²) in [6, 6.07) is -0.188. The summed E-state index contributed by atoms with van der Waals surface area (Å²) in [6.45, 7) is 1.86. The monoisotopic (exact) mass is 605 g/mol. The Hall–Kier alpha value is -3.32. The van der Waals surface area contributed by atoms with Crippen molar-refractivity contribution in [1.29, 1.82) is 0 Å². The fraction of sp³-hybridized carbons (Fsp3) is 0.517. The van der Waals surface area contributed by atoms with E-state index in [2.05, 4.69) is 5.32 Å². The molecule has 13 heteroatoms. The van der Waals surface area contributed by atoms with Crippen LogP contribution in [0.3, 0.4) is 0 Å². The maximum Gasteiger partial charge on any atom is 0.255 e. The van der Waals surface area contributed by atoms with Crippen LogP contribution >= 0.6 is 11.6 Å². The molecule has 11 nitrogen and oxygen atoms in total. The van der Waals surface area contributed by atoms with E-state index < -0.39 is 80.7 Å². The van der Waals surface area contributed by atoms with Gasteiger partial charge in [-0.2, -0.15) is 0 Å². The number of nitrogens with one attached hydrogen (secondary N) is 1. The number of rotatable bonds is 9. The number of ketones is 3. The second kappa shape index (κ2) is 11.4. The van der Waals surface area contributed by atoms with Gasteiger partial charge in [-0.25, -0.2) is 4.39 Å². The van der Waals surface area contributed by atoms with E-state index in [1.165, 1.54) is 0 Å². The minimum absolute atomic E-state index is 0.0871. The number of aromatic hydroxyl groups is 1. The number of hydrogen-bond donors (Lipinski definition) is 6. The molecule has 0 aromatic heterocycles. The highest BCUT2D eigenvalue weighted by Crippen LogP contribution is 2.52. The molecule has 1 aliphatic heterocycles. The van der Waals surface area contributed by atoms with Crippen molar-refractivity contribution in [3.05, 3.63) is 51.2 Å². The van der Waals surface area contributed by atoms with Crippen LogP contribution in [0.2, 0.25) is 0 Å². The molecule has 1 aromatic rings. The van der Waals surface area contributed by atoms with Gasteiger partial charge in [0.2, 0.25) is 5.78 Å². The maximum absolute atomic E-state index is 15.5. The predicted octanol–water partition coefficient (Wildman–Crippen LogP) is 1.12. The van der Waals surface area contributed by atoms with Crippen molar-refractivity contribution in [3.8, 4) is 5.75 Å². The van der Waals surface area contributed by atoms with Crippen LogP contribution in [0.5, 0.6) is 5.75 Å². The first kappa shape index (κ1) is 30.1. The van der Waals surface area contributed by atoms with E-state index in [9.17, 15) is 39.6 Å². The number of likely N-dealkylation sites (tertiary alicyclic amines) is 1. The molecule has 1 aromatic carbocycles. The van der Waals surface area contributed by atoms with Gasteiger partial charge >= 0.3 is 0 Å². The first-order chi connectivity index (χ1) is 19.9. The highest BCUT2D eigenvalue weighted by atomic mass is 35.5. The number of phenolic OH excluding ortho intramolecular Hbond substituents is 1. The summed E-state index contributed by atoms with van der Waals surface area (Å²) in [5.74, 6) is -9.06. The lowest BCUT2D eigenvalue weighted by Gasteiger charge is -2.48. The van der Waals surface area contributed by atoms with Gasteiger partial charge in [0.05, 0.1) is 18.2 Å². The Bertz CT molecular complexity index is 1440. The van der Waals surface area contributed by atoms with E-state index in [0.29, 0.717) is 6.42 Å². The molecular weight excluding hydrogens is 573 g/mol. The third-order valence-electron chi connectivity index (χ3n) is 8.89. The number of aliphatic hydroxyl groups is 3. The number of aliphatic hydroxyl groups excluding tert-OH is 2. The summed E-state index contributed by atoms with van der Waals surface area (Å²) in [5, 5.41) is 48.0. The topological polar surface area (TPSA) is 190 Å². The number of primary amides is 1. The average Bonchev–Trinajstić information content (AvgIpc) is 3.43. The summed E-state index contributed by atoms with van der Waals surface area (Å²) in [6.07, 6.45) is 1.70. The summed E-state index contributed by atoms with van der Waals surface area (Å²) in [7, 11) is 0. The van der Waals surface area contributed by atoms with Crippen molar-refractivity contribution < 1.29 is 44.0 Å². The van der Waals surface area contributed by atoms with Gasteiger partial charge in [-0.05, 0) is 63.7 Å². The summed E-state index contributed by atoms with van der Waals surface area (Å²) in [5.41, 5.74) is 0.554. The minimum atomic E-state index is -2.81. The van der Waals surface area contributed by atoms with Crippen molar-refractivity contribution in [2.24, 2.45) is 17.6 Å². The van der Waals surface area contributed by atoms with Crippen LogP contribution in [0.25, 0.3) is 0 Å².